The van der Waals surface area contributed by atoms with Gasteiger partial charge in [-0.25, -0.2) is 0 Å². The number of H-pyrrole nitrogens is 1. The Hall–Kier alpha value is -2.18. The van der Waals surface area contributed by atoms with Gasteiger partial charge in [0, 0.05) is 6.42 Å². The van der Waals surface area contributed by atoms with Crippen LogP contribution in [0.4, 0.5) is 13.2 Å². The number of rotatable bonds is 5. The Labute approximate surface area is 163 Å². The molecule has 0 amide bonds. The maximum absolute atomic E-state index is 13.4. The molecule has 11 heteroatoms. The standard InChI is InChI=1S/C18H21F3N2O6/c1-8-2-4-9(5-3-8)6-10-15(18(19,20)21)22-23-16(10)29-17-14(27)13(26)12(25)11(7-24)28-17/h2-5,11-14,17,24-27H,6-7H2,1H3,(H,22,23)/t11-,12-,13+,14-,17?/m1/s1. The normalized spacial score (nSPS) is 27.8. The molecule has 2 aromatic rings. The summed E-state index contributed by atoms with van der Waals surface area (Å²) in [5.41, 5.74) is 0.0897. The number of hydrogen-bond acceptors (Lipinski definition) is 7. The minimum Gasteiger partial charge on any atom is -0.443 e. The maximum Gasteiger partial charge on any atom is 0.433 e. The molecule has 160 valence electrons. The molecule has 1 saturated heterocycles. The van der Waals surface area contributed by atoms with Gasteiger partial charge in [-0.2, -0.15) is 13.2 Å². The van der Waals surface area contributed by atoms with E-state index in [2.05, 4.69) is 5.10 Å². The number of aliphatic hydroxyl groups is 4. The summed E-state index contributed by atoms with van der Waals surface area (Å²) < 4.78 is 50.7. The number of aromatic amines is 1. The van der Waals surface area contributed by atoms with E-state index in [1.54, 1.807) is 24.3 Å². The highest BCUT2D eigenvalue weighted by atomic mass is 19.4. The van der Waals surface area contributed by atoms with E-state index in [0.717, 1.165) is 5.56 Å². The quantitative estimate of drug-likeness (QED) is 0.479. The maximum atomic E-state index is 13.4. The Kier molecular flexibility index (Phi) is 6.15. The van der Waals surface area contributed by atoms with Crippen LogP contribution in [0.15, 0.2) is 24.3 Å². The first-order valence-electron chi connectivity index (χ1n) is 8.79. The van der Waals surface area contributed by atoms with E-state index in [4.69, 9.17) is 9.47 Å². The van der Waals surface area contributed by atoms with E-state index in [-0.39, 0.29) is 12.0 Å². The summed E-state index contributed by atoms with van der Waals surface area (Å²) in [6.07, 6.45) is -12.9. The van der Waals surface area contributed by atoms with Crippen molar-refractivity contribution < 1.29 is 43.1 Å². The van der Waals surface area contributed by atoms with Crippen molar-refractivity contribution in [2.75, 3.05) is 6.61 Å². The lowest BCUT2D eigenvalue weighted by Gasteiger charge is -2.39. The molecule has 8 nitrogen and oxygen atoms in total. The molecule has 3 rings (SSSR count). The molecule has 0 bridgehead atoms. The molecule has 1 aliphatic heterocycles. The summed E-state index contributed by atoms with van der Waals surface area (Å²) in [6, 6.07) is 6.84. The molecule has 0 radical (unpaired) electrons. The molecule has 2 heterocycles. The highest BCUT2D eigenvalue weighted by Gasteiger charge is 2.46. The van der Waals surface area contributed by atoms with Crippen molar-refractivity contribution in [2.45, 2.75) is 50.2 Å². The van der Waals surface area contributed by atoms with Gasteiger partial charge in [-0.15, -0.1) is 5.10 Å². The Morgan fingerprint density at radius 2 is 1.76 bits per heavy atom. The highest BCUT2D eigenvalue weighted by Crippen LogP contribution is 2.36. The van der Waals surface area contributed by atoms with Crippen molar-refractivity contribution in [1.82, 2.24) is 10.2 Å². The van der Waals surface area contributed by atoms with Gasteiger partial charge in [0.1, 0.15) is 30.1 Å². The predicted octanol–water partition coefficient (Wildman–Crippen LogP) is 0.506. The first kappa shape index (κ1) is 21.5. The van der Waals surface area contributed by atoms with E-state index in [9.17, 15) is 33.6 Å². The van der Waals surface area contributed by atoms with Crippen LogP contribution in [0.3, 0.4) is 0 Å². The zero-order valence-electron chi connectivity index (χ0n) is 15.3. The third kappa shape index (κ3) is 4.54. The molecule has 0 spiro atoms. The lowest BCUT2D eigenvalue weighted by Crippen LogP contribution is -2.60. The number of aromatic nitrogens is 2. The van der Waals surface area contributed by atoms with Crippen molar-refractivity contribution in [3.8, 4) is 5.88 Å². The number of aliphatic hydroxyl groups excluding tert-OH is 4. The summed E-state index contributed by atoms with van der Waals surface area (Å²) in [4.78, 5) is 0. The summed E-state index contributed by atoms with van der Waals surface area (Å²) in [5, 5.41) is 44.4. The molecule has 5 atom stereocenters. The highest BCUT2D eigenvalue weighted by molar-refractivity contribution is 5.38. The Balaban J connectivity index is 1.90. The van der Waals surface area contributed by atoms with Crippen LogP contribution in [-0.4, -0.2) is 67.9 Å². The van der Waals surface area contributed by atoms with Gasteiger partial charge in [0.25, 0.3) is 0 Å². The van der Waals surface area contributed by atoms with Gasteiger partial charge >= 0.3 is 6.18 Å². The number of nitrogens with one attached hydrogen (secondary N) is 1. The fraction of sp³-hybridized carbons (Fsp3) is 0.500. The third-order valence-corrected chi connectivity index (χ3v) is 4.69. The predicted molar refractivity (Wildman–Crippen MR) is 92.0 cm³/mol. The lowest BCUT2D eigenvalue weighted by molar-refractivity contribution is -0.278. The fourth-order valence-corrected chi connectivity index (χ4v) is 3.03. The van der Waals surface area contributed by atoms with Crippen molar-refractivity contribution in [1.29, 1.82) is 0 Å². The van der Waals surface area contributed by atoms with Crippen molar-refractivity contribution in [3.63, 3.8) is 0 Å². The summed E-state index contributed by atoms with van der Waals surface area (Å²) in [6.45, 7) is 1.14. The molecule has 1 aromatic heterocycles. The monoisotopic (exact) mass is 418 g/mol. The number of halogens is 3. The number of benzene rings is 1. The molecule has 1 unspecified atom stereocenters. The number of ether oxygens (including phenoxy) is 2. The Morgan fingerprint density at radius 3 is 2.34 bits per heavy atom. The molecule has 29 heavy (non-hydrogen) atoms. The van der Waals surface area contributed by atoms with Gasteiger partial charge < -0.3 is 29.9 Å². The zero-order chi connectivity index (χ0) is 21.3. The second-order valence-electron chi connectivity index (χ2n) is 6.86. The first-order valence-corrected chi connectivity index (χ1v) is 8.79. The van der Waals surface area contributed by atoms with Crippen LogP contribution < -0.4 is 4.74 Å². The van der Waals surface area contributed by atoms with Crippen LogP contribution in [0, 0.1) is 6.92 Å². The van der Waals surface area contributed by atoms with Crippen molar-refractivity contribution in [3.05, 3.63) is 46.6 Å². The van der Waals surface area contributed by atoms with E-state index < -0.39 is 55.1 Å². The zero-order valence-corrected chi connectivity index (χ0v) is 15.3. The smallest absolute Gasteiger partial charge is 0.433 e. The molecule has 0 aliphatic carbocycles. The van der Waals surface area contributed by atoms with Crippen LogP contribution in [-0.2, 0) is 17.3 Å². The first-order chi connectivity index (χ1) is 13.6. The van der Waals surface area contributed by atoms with E-state index >= 15 is 0 Å². The number of nitrogens with zero attached hydrogens (tertiary/aromatic N) is 1. The molecular formula is C18H21F3N2O6. The molecule has 1 aromatic carbocycles. The number of alkyl halides is 3. The minimum absolute atomic E-state index is 0.168. The summed E-state index contributed by atoms with van der Waals surface area (Å²) in [7, 11) is 0. The van der Waals surface area contributed by atoms with Crippen LogP contribution in [0.25, 0.3) is 0 Å². The summed E-state index contributed by atoms with van der Waals surface area (Å²) in [5.74, 6) is -0.470. The Morgan fingerprint density at radius 1 is 1.10 bits per heavy atom. The van der Waals surface area contributed by atoms with E-state index in [1.165, 1.54) is 0 Å². The van der Waals surface area contributed by atoms with Crippen LogP contribution in [0.1, 0.15) is 22.4 Å². The largest absolute Gasteiger partial charge is 0.443 e. The number of hydrogen-bond donors (Lipinski definition) is 5. The van der Waals surface area contributed by atoms with Gasteiger partial charge in [-0.1, -0.05) is 29.8 Å². The molecule has 5 N–H and O–H groups in total. The SMILES string of the molecule is Cc1ccc(Cc2c(OC3O[C@H](CO)[C@@H](O)[C@H](O)[C@H]3O)n[nH]c2C(F)(F)F)cc1. The van der Waals surface area contributed by atoms with Crippen LogP contribution in [0.2, 0.25) is 0 Å². The van der Waals surface area contributed by atoms with E-state index in [1.807, 2.05) is 12.0 Å². The third-order valence-electron chi connectivity index (χ3n) is 4.69. The van der Waals surface area contributed by atoms with Gasteiger partial charge in [-0.05, 0) is 12.5 Å². The molecular weight excluding hydrogens is 397 g/mol. The van der Waals surface area contributed by atoms with Crippen LogP contribution in [0.5, 0.6) is 5.88 Å². The van der Waals surface area contributed by atoms with Gasteiger partial charge in [0.05, 0.1) is 12.2 Å². The van der Waals surface area contributed by atoms with Crippen molar-refractivity contribution >= 4 is 0 Å². The van der Waals surface area contributed by atoms with E-state index in [0.29, 0.717) is 5.56 Å². The Bertz CT molecular complexity index is 824. The summed E-state index contributed by atoms with van der Waals surface area (Å²) >= 11 is 0. The average molecular weight is 418 g/mol. The van der Waals surface area contributed by atoms with Crippen LogP contribution >= 0.6 is 0 Å². The lowest BCUT2D eigenvalue weighted by atomic mass is 9.99. The van der Waals surface area contributed by atoms with Gasteiger partial charge in [0.15, 0.2) is 0 Å². The average Bonchev–Trinajstić information content (AvgIpc) is 3.06. The molecule has 0 saturated carbocycles. The number of aryl methyl sites for hydroxylation is 1. The van der Waals surface area contributed by atoms with Gasteiger partial charge in [-0.3, -0.25) is 5.10 Å². The second kappa shape index (κ2) is 8.28. The van der Waals surface area contributed by atoms with Crippen molar-refractivity contribution in [2.24, 2.45) is 0 Å². The second-order valence-corrected chi connectivity index (χ2v) is 6.86. The molecule has 1 fully saturated rings. The minimum atomic E-state index is -4.73. The topological polar surface area (TPSA) is 128 Å². The fourth-order valence-electron chi connectivity index (χ4n) is 3.03. The van der Waals surface area contributed by atoms with Gasteiger partial charge in [0.2, 0.25) is 12.2 Å². The molecule has 1 aliphatic rings.